The third-order valence-corrected chi connectivity index (χ3v) is 4.95. The Hall–Kier alpha value is -2.07. The van der Waals surface area contributed by atoms with Crippen molar-refractivity contribution in [1.29, 1.82) is 0 Å². The Balaban J connectivity index is 3.60. The highest BCUT2D eigenvalue weighted by Crippen LogP contribution is 2.32. The van der Waals surface area contributed by atoms with Crippen molar-refractivity contribution in [1.82, 2.24) is 4.31 Å². The van der Waals surface area contributed by atoms with Gasteiger partial charge in [0.25, 0.3) is 0 Å². The van der Waals surface area contributed by atoms with Crippen LogP contribution in [0.4, 0.5) is 10.1 Å². The van der Waals surface area contributed by atoms with Crippen LogP contribution >= 0.6 is 0 Å². The topological polar surface area (TPSA) is 124 Å². The average Bonchev–Trinajstić information content (AvgIpc) is 2.25. The minimum Gasteiger partial charge on any atom is -0.369 e. The van der Waals surface area contributed by atoms with Crippen LogP contribution in [0.5, 0.6) is 0 Å². The Kier molecular flexibility index (Phi) is 4.64. The predicted molar refractivity (Wildman–Crippen MR) is 71.5 cm³/mol. The maximum atomic E-state index is 13.6. The minimum absolute atomic E-state index is 0.00641. The van der Waals surface area contributed by atoms with Gasteiger partial charge in [0.15, 0.2) is 0 Å². The summed E-state index contributed by atoms with van der Waals surface area (Å²) < 4.78 is 39.0. The fourth-order valence-corrected chi connectivity index (χ4v) is 3.55. The van der Waals surface area contributed by atoms with E-state index in [4.69, 9.17) is 5.73 Å². The van der Waals surface area contributed by atoms with Gasteiger partial charge in [-0.1, -0.05) is 0 Å². The number of hydrogen-bond donors (Lipinski definition) is 1. The van der Waals surface area contributed by atoms with Gasteiger partial charge in [0.2, 0.25) is 21.7 Å². The summed E-state index contributed by atoms with van der Waals surface area (Å²) in [6, 6.07) is 0.774. The van der Waals surface area contributed by atoms with E-state index in [1.54, 1.807) is 0 Å². The van der Waals surface area contributed by atoms with E-state index in [-0.39, 0.29) is 11.1 Å². The number of nitrogens with zero attached hydrogens (tertiary/aromatic N) is 2. The maximum Gasteiger partial charge on any atom is 0.309 e. The van der Waals surface area contributed by atoms with Gasteiger partial charge in [0.1, 0.15) is 0 Å². The molecule has 0 saturated carbocycles. The van der Waals surface area contributed by atoms with E-state index < -0.39 is 43.8 Å². The number of nitro groups is 1. The Morgan fingerprint density at radius 1 is 1.48 bits per heavy atom. The molecule has 1 rings (SSSR count). The molecule has 1 aromatic carbocycles. The Labute approximate surface area is 120 Å². The molecule has 21 heavy (non-hydrogen) atoms. The molecular formula is C11H14FN3O5S. The van der Waals surface area contributed by atoms with Crippen molar-refractivity contribution in [3.8, 4) is 0 Å². The molecule has 0 aliphatic heterocycles. The smallest absolute Gasteiger partial charge is 0.309 e. The monoisotopic (exact) mass is 319 g/mol. The van der Waals surface area contributed by atoms with Gasteiger partial charge in [0.05, 0.1) is 21.9 Å². The fourth-order valence-electron chi connectivity index (χ4n) is 1.99. The molecule has 0 spiro atoms. The molecule has 0 aliphatic rings. The fraction of sp³-hybridized carbons (Fsp3) is 0.364. The van der Waals surface area contributed by atoms with Crippen molar-refractivity contribution >= 4 is 21.6 Å². The number of amides is 1. The largest absolute Gasteiger partial charge is 0.369 e. The van der Waals surface area contributed by atoms with E-state index in [2.05, 4.69) is 0 Å². The summed E-state index contributed by atoms with van der Waals surface area (Å²) in [5.74, 6) is -2.00. The Bertz CT molecular complexity index is 717. The molecule has 1 amide bonds. The number of likely N-dealkylation sites (N-methyl/N-ethyl adjacent to an activating group) is 1. The van der Waals surface area contributed by atoms with E-state index in [0.29, 0.717) is 4.31 Å². The molecule has 0 radical (unpaired) electrons. The van der Waals surface area contributed by atoms with Crippen LogP contribution in [0.2, 0.25) is 0 Å². The van der Waals surface area contributed by atoms with E-state index in [0.717, 1.165) is 20.0 Å². The van der Waals surface area contributed by atoms with Crippen LogP contribution in [0.3, 0.4) is 0 Å². The standard InChI is InChI=1S/C11H14FN3O5S/c1-6-4-8(12)10(15(17)18)7(2)11(6)21(19,20)14(3)5-9(13)16/h4H,5H2,1-3H3,(H2,13,16). The molecule has 8 nitrogen and oxygen atoms in total. The van der Waals surface area contributed by atoms with Crippen LogP contribution < -0.4 is 5.73 Å². The summed E-state index contributed by atoms with van der Waals surface area (Å²) in [5.41, 5.74) is 3.70. The highest BCUT2D eigenvalue weighted by molar-refractivity contribution is 7.89. The zero-order valence-electron chi connectivity index (χ0n) is 11.6. The van der Waals surface area contributed by atoms with Crippen LogP contribution in [-0.4, -0.2) is 37.1 Å². The van der Waals surface area contributed by atoms with E-state index in [9.17, 15) is 27.7 Å². The number of carbonyl (C=O) groups excluding carboxylic acids is 1. The number of carbonyl (C=O) groups is 1. The lowest BCUT2D eigenvalue weighted by atomic mass is 10.1. The summed E-state index contributed by atoms with van der Waals surface area (Å²) in [6.07, 6.45) is 0. The van der Waals surface area contributed by atoms with Crippen molar-refractivity contribution in [3.05, 3.63) is 33.1 Å². The summed E-state index contributed by atoms with van der Waals surface area (Å²) >= 11 is 0. The highest BCUT2D eigenvalue weighted by atomic mass is 32.2. The average molecular weight is 319 g/mol. The Morgan fingerprint density at radius 2 is 2.00 bits per heavy atom. The molecular weight excluding hydrogens is 305 g/mol. The second kappa shape index (κ2) is 5.74. The van der Waals surface area contributed by atoms with Crippen LogP contribution in [0.25, 0.3) is 0 Å². The van der Waals surface area contributed by atoms with Crippen molar-refractivity contribution < 1.29 is 22.5 Å². The number of hydrogen-bond acceptors (Lipinski definition) is 5. The SMILES string of the molecule is Cc1cc(F)c([N+](=O)[O-])c(C)c1S(=O)(=O)N(C)CC(N)=O. The van der Waals surface area contributed by atoms with Gasteiger partial charge in [-0.2, -0.15) is 8.70 Å². The predicted octanol–water partition coefficient (Wildman–Crippen LogP) is 0.457. The minimum atomic E-state index is -4.21. The first-order valence-corrected chi connectivity index (χ1v) is 7.12. The van der Waals surface area contributed by atoms with Crippen LogP contribution in [0, 0.1) is 29.8 Å². The lowest BCUT2D eigenvalue weighted by Crippen LogP contribution is -2.36. The first kappa shape index (κ1) is 17.0. The molecule has 0 bridgehead atoms. The number of sulfonamides is 1. The van der Waals surface area contributed by atoms with E-state index in [1.807, 2.05) is 0 Å². The number of benzene rings is 1. The summed E-state index contributed by atoms with van der Waals surface area (Å²) in [7, 11) is -3.10. The van der Waals surface area contributed by atoms with Gasteiger partial charge in [0, 0.05) is 7.05 Å². The lowest BCUT2D eigenvalue weighted by Gasteiger charge is -2.18. The molecule has 10 heteroatoms. The number of nitro benzene ring substituents is 1. The first-order chi connectivity index (χ1) is 9.50. The summed E-state index contributed by atoms with van der Waals surface area (Å²) in [5, 5.41) is 10.9. The number of rotatable bonds is 5. The molecule has 1 aromatic rings. The van der Waals surface area contributed by atoms with Crippen molar-refractivity contribution in [2.24, 2.45) is 5.73 Å². The molecule has 0 fully saturated rings. The lowest BCUT2D eigenvalue weighted by molar-refractivity contribution is -0.388. The number of nitrogens with two attached hydrogens (primary N) is 1. The zero-order chi connectivity index (χ0) is 16.5. The van der Waals surface area contributed by atoms with Crippen LogP contribution in [-0.2, 0) is 14.8 Å². The second-order valence-corrected chi connectivity index (χ2v) is 6.44. The molecule has 0 heterocycles. The van der Waals surface area contributed by atoms with Gasteiger partial charge in [-0.25, -0.2) is 8.42 Å². The number of primary amides is 1. The third kappa shape index (κ3) is 3.16. The van der Waals surface area contributed by atoms with Crippen LogP contribution in [0.1, 0.15) is 11.1 Å². The van der Waals surface area contributed by atoms with Gasteiger partial charge >= 0.3 is 5.69 Å². The molecule has 0 aromatic heterocycles. The third-order valence-electron chi connectivity index (χ3n) is 2.85. The molecule has 0 saturated heterocycles. The van der Waals surface area contributed by atoms with E-state index in [1.165, 1.54) is 6.92 Å². The molecule has 0 unspecified atom stereocenters. The van der Waals surface area contributed by atoms with Crippen molar-refractivity contribution in [3.63, 3.8) is 0 Å². The normalized spacial score (nSPS) is 11.7. The zero-order valence-corrected chi connectivity index (χ0v) is 12.4. The molecule has 116 valence electrons. The van der Waals surface area contributed by atoms with E-state index >= 15 is 0 Å². The summed E-state index contributed by atoms with van der Waals surface area (Å²) in [4.78, 5) is 20.3. The first-order valence-electron chi connectivity index (χ1n) is 5.68. The van der Waals surface area contributed by atoms with Gasteiger partial charge in [-0.15, -0.1) is 0 Å². The van der Waals surface area contributed by atoms with Gasteiger partial charge in [-0.3, -0.25) is 14.9 Å². The van der Waals surface area contributed by atoms with Crippen molar-refractivity contribution in [2.75, 3.05) is 13.6 Å². The maximum absolute atomic E-state index is 13.6. The quantitative estimate of drug-likeness (QED) is 0.623. The van der Waals surface area contributed by atoms with Crippen molar-refractivity contribution in [2.45, 2.75) is 18.7 Å². The molecule has 2 N–H and O–H groups in total. The van der Waals surface area contributed by atoms with Gasteiger partial charge in [-0.05, 0) is 25.5 Å². The number of halogens is 1. The molecule has 0 aliphatic carbocycles. The number of aryl methyl sites for hydroxylation is 1. The van der Waals surface area contributed by atoms with Crippen LogP contribution in [0.15, 0.2) is 11.0 Å². The highest BCUT2D eigenvalue weighted by Gasteiger charge is 2.32. The second-order valence-electron chi connectivity index (χ2n) is 4.46. The Morgan fingerprint density at radius 3 is 2.43 bits per heavy atom. The van der Waals surface area contributed by atoms with Gasteiger partial charge < -0.3 is 5.73 Å². The summed E-state index contributed by atoms with van der Waals surface area (Å²) in [6.45, 7) is 1.86. The molecule has 0 atom stereocenters.